The van der Waals surface area contributed by atoms with Crippen LogP contribution in [-0.2, 0) is 9.47 Å². The molecular weight excluding hydrogens is 536 g/mol. The van der Waals surface area contributed by atoms with Gasteiger partial charge in [-0.05, 0) is 127 Å². The van der Waals surface area contributed by atoms with Crippen molar-refractivity contribution in [3.8, 4) is 0 Å². The van der Waals surface area contributed by atoms with E-state index in [2.05, 4.69) is 81.4 Å². The second-order valence-electron chi connectivity index (χ2n) is 14.9. The minimum Gasteiger partial charge on any atom is -0.378 e. The molecule has 0 amide bonds. The third-order valence-electron chi connectivity index (χ3n) is 9.57. The van der Waals surface area contributed by atoms with Crippen LogP contribution in [0.15, 0.2) is 23.3 Å². The normalized spacial score (nSPS) is 32.5. The molecule has 6 atom stereocenters. The highest BCUT2D eigenvalue weighted by atomic mass is 16.5. The van der Waals surface area contributed by atoms with Gasteiger partial charge >= 0.3 is 0 Å². The first kappa shape index (κ1) is 50.3. The van der Waals surface area contributed by atoms with Gasteiger partial charge in [0.15, 0.2) is 0 Å². The third kappa shape index (κ3) is 27.7. The Balaban J connectivity index is -0.000000144. The Morgan fingerprint density at radius 2 is 0.727 bits per heavy atom. The van der Waals surface area contributed by atoms with Crippen molar-refractivity contribution in [3.05, 3.63) is 23.3 Å². The smallest absolute Gasteiger partial charge is 0.0547 e. The van der Waals surface area contributed by atoms with Crippen LogP contribution in [0.4, 0.5) is 0 Å². The van der Waals surface area contributed by atoms with Gasteiger partial charge in [0.1, 0.15) is 0 Å². The number of allylic oxidation sites excluding steroid dienone is 4. The van der Waals surface area contributed by atoms with Crippen LogP contribution >= 0.6 is 0 Å². The van der Waals surface area contributed by atoms with Crippen molar-refractivity contribution in [1.29, 1.82) is 0 Å². The van der Waals surface area contributed by atoms with Crippen molar-refractivity contribution >= 4 is 0 Å². The molecule has 270 valence electrons. The lowest BCUT2D eigenvalue weighted by atomic mass is 9.84. The van der Waals surface area contributed by atoms with Crippen molar-refractivity contribution in [3.63, 3.8) is 0 Å². The maximum atomic E-state index is 5.39. The van der Waals surface area contributed by atoms with Crippen molar-refractivity contribution in [2.24, 2.45) is 35.5 Å². The first-order valence-corrected chi connectivity index (χ1v) is 17.5. The zero-order valence-electron chi connectivity index (χ0n) is 28.9. The SMILES string of the molecule is C.C.C.C.CC1=CCC(C)CC1.CC1=CCC(C)CC1.CC1CCC(C)CC1.CC1CCC(C)OC1.CC1CCC(C)OC1.[HH]. The molecule has 2 heteroatoms. The van der Waals surface area contributed by atoms with E-state index in [1.807, 2.05) is 0 Å². The Morgan fingerprint density at radius 1 is 0.432 bits per heavy atom. The predicted molar refractivity (Wildman–Crippen MR) is 207 cm³/mol. The fourth-order valence-electron chi connectivity index (χ4n) is 5.65. The Bertz CT molecular complexity index is 557. The first-order valence-electron chi connectivity index (χ1n) is 17.5. The zero-order valence-corrected chi connectivity index (χ0v) is 28.9. The molecule has 0 N–H and O–H groups in total. The van der Waals surface area contributed by atoms with E-state index in [0.29, 0.717) is 12.2 Å². The van der Waals surface area contributed by atoms with E-state index >= 15 is 0 Å². The maximum Gasteiger partial charge on any atom is 0.0547 e. The molecule has 2 saturated heterocycles. The minimum atomic E-state index is 0. The number of hydrogen-bond donors (Lipinski definition) is 0. The molecule has 0 radical (unpaired) electrons. The molecule has 0 spiro atoms. The van der Waals surface area contributed by atoms with Gasteiger partial charge in [-0.15, -0.1) is 0 Å². The lowest BCUT2D eigenvalue weighted by Crippen LogP contribution is -2.21. The molecule has 2 heterocycles. The summed E-state index contributed by atoms with van der Waals surface area (Å²) in [6.45, 7) is 24.6. The standard InChI is InChI=1S/C8H16.2C8H14.2C7H14O.4CH4.H2/c3*1-7-3-5-8(2)6-4-7;2*1-6-3-4-7(2)8-5-6;;;;;/h7-8H,3-6H2,1-2H3;2*3,8H,4-6H2,1-2H3;2*6-7H,3-5H2,1-2H3;4*1H4;1H. The van der Waals surface area contributed by atoms with Crippen molar-refractivity contribution in [1.82, 2.24) is 0 Å². The molecule has 0 aromatic rings. The highest BCUT2D eigenvalue weighted by molar-refractivity contribution is 5.02. The Kier molecular flexibility index (Phi) is 34.0. The van der Waals surface area contributed by atoms with Crippen LogP contribution in [0, 0.1) is 35.5 Å². The summed E-state index contributed by atoms with van der Waals surface area (Å²) in [7, 11) is 0. The van der Waals surface area contributed by atoms with Gasteiger partial charge in [0.25, 0.3) is 0 Å². The summed E-state index contributed by atoms with van der Waals surface area (Å²) in [6, 6.07) is 0. The summed E-state index contributed by atoms with van der Waals surface area (Å²) >= 11 is 0. The van der Waals surface area contributed by atoms with Crippen LogP contribution < -0.4 is 0 Å². The maximum absolute atomic E-state index is 5.39. The molecule has 3 fully saturated rings. The summed E-state index contributed by atoms with van der Waals surface area (Å²) in [5.74, 6) is 5.52. The summed E-state index contributed by atoms with van der Waals surface area (Å²) in [4.78, 5) is 0. The molecule has 0 bridgehead atoms. The van der Waals surface area contributed by atoms with E-state index < -0.39 is 0 Å². The van der Waals surface area contributed by atoms with Crippen LogP contribution in [0.25, 0.3) is 0 Å². The number of hydrogen-bond acceptors (Lipinski definition) is 2. The predicted octanol–water partition coefficient (Wildman–Crippen LogP) is 14.8. The van der Waals surface area contributed by atoms with Crippen LogP contribution in [0.3, 0.4) is 0 Å². The van der Waals surface area contributed by atoms with Crippen LogP contribution in [0.2, 0.25) is 0 Å². The third-order valence-corrected chi connectivity index (χ3v) is 9.57. The van der Waals surface area contributed by atoms with Crippen LogP contribution in [0.1, 0.15) is 190 Å². The molecule has 2 aliphatic heterocycles. The molecule has 3 aliphatic carbocycles. The van der Waals surface area contributed by atoms with Crippen molar-refractivity contribution < 1.29 is 10.9 Å². The number of ether oxygens (including phenoxy) is 2. The molecule has 0 aromatic carbocycles. The summed E-state index contributed by atoms with van der Waals surface area (Å²) in [6.07, 6.45) is 25.0. The van der Waals surface area contributed by atoms with Crippen LogP contribution in [0.5, 0.6) is 0 Å². The van der Waals surface area contributed by atoms with Crippen LogP contribution in [-0.4, -0.2) is 25.4 Å². The Labute approximate surface area is 283 Å². The van der Waals surface area contributed by atoms with Gasteiger partial charge in [-0.3, -0.25) is 0 Å². The summed E-state index contributed by atoms with van der Waals surface area (Å²) in [5, 5.41) is 0. The molecule has 2 nitrogen and oxygen atoms in total. The minimum absolute atomic E-state index is 0. The second-order valence-corrected chi connectivity index (χ2v) is 14.9. The molecular formula is C42H90O2. The average Bonchev–Trinajstić information content (AvgIpc) is 2.94. The molecule has 6 unspecified atom stereocenters. The van der Waals surface area contributed by atoms with E-state index in [0.717, 1.165) is 48.7 Å². The highest BCUT2D eigenvalue weighted by Crippen LogP contribution is 2.27. The topological polar surface area (TPSA) is 18.5 Å². The van der Waals surface area contributed by atoms with E-state index in [1.54, 1.807) is 11.1 Å². The highest BCUT2D eigenvalue weighted by Gasteiger charge is 2.15. The fraction of sp³-hybridized carbons (Fsp3) is 0.905. The van der Waals surface area contributed by atoms with Gasteiger partial charge in [-0.25, -0.2) is 0 Å². The van der Waals surface area contributed by atoms with Gasteiger partial charge in [0, 0.05) is 14.6 Å². The van der Waals surface area contributed by atoms with E-state index in [-0.39, 0.29) is 31.1 Å². The average molecular weight is 627 g/mol. The van der Waals surface area contributed by atoms with E-state index in [9.17, 15) is 0 Å². The molecule has 44 heavy (non-hydrogen) atoms. The summed E-state index contributed by atoms with van der Waals surface area (Å²) in [5.41, 5.74) is 3.17. The molecule has 5 aliphatic rings. The first-order chi connectivity index (χ1) is 18.9. The van der Waals surface area contributed by atoms with Gasteiger partial charge < -0.3 is 9.47 Å². The molecule has 1 saturated carbocycles. The van der Waals surface area contributed by atoms with E-state index in [4.69, 9.17) is 9.47 Å². The van der Waals surface area contributed by atoms with Gasteiger partial charge in [0.2, 0.25) is 0 Å². The zero-order chi connectivity index (χ0) is 29.9. The number of rotatable bonds is 0. The van der Waals surface area contributed by atoms with Crippen molar-refractivity contribution in [2.45, 2.75) is 201 Å². The lowest BCUT2D eigenvalue weighted by molar-refractivity contribution is 0.000174. The fourth-order valence-corrected chi connectivity index (χ4v) is 5.65. The second kappa shape index (κ2) is 29.8. The van der Waals surface area contributed by atoms with E-state index in [1.165, 1.54) is 89.9 Å². The van der Waals surface area contributed by atoms with Gasteiger partial charge in [-0.2, -0.15) is 0 Å². The Morgan fingerprint density at radius 3 is 0.909 bits per heavy atom. The van der Waals surface area contributed by atoms with Crippen molar-refractivity contribution in [2.75, 3.05) is 13.2 Å². The molecule has 0 aromatic heterocycles. The monoisotopic (exact) mass is 627 g/mol. The Hall–Kier alpha value is -0.600. The lowest BCUT2D eigenvalue weighted by Gasteiger charge is -2.23. The largest absolute Gasteiger partial charge is 0.378 e. The van der Waals surface area contributed by atoms with Gasteiger partial charge in [-0.1, -0.05) is 120 Å². The summed E-state index contributed by atoms with van der Waals surface area (Å²) < 4.78 is 10.8. The van der Waals surface area contributed by atoms with Gasteiger partial charge in [0.05, 0.1) is 12.2 Å². The molecule has 5 rings (SSSR count). The quantitative estimate of drug-likeness (QED) is 0.249.